The molecule has 2 aliphatic rings. The molecule has 2 heterocycles. The van der Waals surface area contributed by atoms with Crippen LogP contribution in [0.5, 0.6) is 5.75 Å². The second-order valence-corrected chi connectivity index (χ2v) is 12.5. The number of anilines is 2. The lowest BCUT2D eigenvalue weighted by Gasteiger charge is -2.39. The van der Waals surface area contributed by atoms with Gasteiger partial charge in [0.2, 0.25) is 0 Å². The lowest BCUT2D eigenvalue weighted by atomic mass is 9.96. The van der Waals surface area contributed by atoms with E-state index in [9.17, 15) is 31.1 Å². The van der Waals surface area contributed by atoms with E-state index >= 15 is 0 Å². The van der Waals surface area contributed by atoms with Crippen LogP contribution in [-0.2, 0) is 19.9 Å². The van der Waals surface area contributed by atoms with E-state index < -0.39 is 41.4 Å². The second kappa shape index (κ2) is 9.65. The average Bonchev–Trinajstić information content (AvgIpc) is 2.79. The largest absolute Gasteiger partial charge is 0.492 e. The van der Waals surface area contributed by atoms with Gasteiger partial charge in [-0.3, -0.25) is 4.72 Å². The summed E-state index contributed by atoms with van der Waals surface area (Å²) in [6.45, 7) is 0.800. The third-order valence-electron chi connectivity index (χ3n) is 6.30. The van der Waals surface area contributed by atoms with E-state index in [0.717, 1.165) is 56.6 Å². The quantitative estimate of drug-likeness (QED) is 0.607. The standard InChI is InChI=1S/C23H27FN2O7S2/c1-34(29,30)21-14-18-19(13-17(21)24)26-10-4-2-6-16(26)7-3-5-11-33-20-9-8-15(23(27)28)12-22(20)35(31,32)25-18/h8-9,12-14,16,25H,2-7,10-11H2,1H3,(H,27,28). The number of nitrogens with one attached hydrogen (secondary N) is 1. The van der Waals surface area contributed by atoms with Crippen molar-refractivity contribution >= 4 is 37.2 Å². The molecule has 2 N–H and O–H groups in total. The molecule has 0 bridgehead atoms. The second-order valence-electron chi connectivity index (χ2n) is 8.83. The van der Waals surface area contributed by atoms with Crippen molar-refractivity contribution in [2.45, 2.75) is 54.4 Å². The van der Waals surface area contributed by atoms with Crippen molar-refractivity contribution in [1.82, 2.24) is 0 Å². The van der Waals surface area contributed by atoms with E-state index in [-0.39, 0.29) is 35.3 Å². The summed E-state index contributed by atoms with van der Waals surface area (Å²) >= 11 is 0. The summed E-state index contributed by atoms with van der Waals surface area (Å²) in [5.74, 6) is -2.30. The van der Waals surface area contributed by atoms with Crippen LogP contribution in [0.3, 0.4) is 0 Å². The Kier molecular flexibility index (Phi) is 6.96. The first-order valence-electron chi connectivity index (χ1n) is 11.3. The summed E-state index contributed by atoms with van der Waals surface area (Å²) in [5, 5.41) is 9.37. The molecule has 12 heteroatoms. The Morgan fingerprint density at radius 2 is 1.86 bits per heavy atom. The van der Waals surface area contributed by atoms with Crippen molar-refractivity contribution in [2.24, 2.45) is 0 Å². The van der Waals surface area contributed by atoms with E-state index in [2.05, 4.69) is 4.72 Å². The number of carbonyl (C=O) groups is 1. The molecule has 0 spiro atoms. The molecule has 190 valence electrons. The smallest absolute Gasteiger partial charge is 0.335 e. The third kappa shape index (κ3) is 5.37. The number of rotatable bonds is 2. The molecule has 0 saturated carbocycles. The molecule has 35 heavy (non-hydrogen) atoms. The zero-order chi connectivity index (χ0) is 25.4. The summed E-state index contributed by atoms with van der Waals surface area (Å²) in [7, 11) is -8.45. The first kappa shape index (κ1) is 25.2. The molecule has 0 radical (unpaired) electrons. The summed E-state index contributed by atoms with van der Waals surface area (Å²) in [6, 6.07) is 5.61. The molecule has 2 aromatic rings. The van der Waals surface area contributed by atoms with E-state index in [1.807, 2.05) is 4.90 Å². The van der Waals surface area contributed by atoms with Gasteiger partial charge in [-0.1, -0.05) is 0 Å². The molecule has 9 nitrogen and oxygen atoms in total. The Balaban J connectivity index is 1.93. The highest BCUT2D eigenvalue weighted by Gasteiger charge is 2.30. The van der Waals surface area contributed by atoms with Gasteiger partial charge in [0.05, 0.1) is 23.5 Å². The number of aromatic carboxylic acids is 1. The van der Waals surface area contributed by atoms with Crippen molar-refractivity contribution < 1.29 is 35.9 Å². The van der Waals surface area contributed by atoms with Crippen LogP contribution < -0.4 is 14.4 Å². The SMILES string of the molecule is CS(=O)(=O)c1cc2c(cc1F)N1CCCCC1CCCCOc1ccc(C(=O)O)cc1S(=O)(=O)N2. The number of hydrogen-bond donors (Lipinski definition) is 2. The van der Waals surface area contributed by atoms with E-state index in [1.54, 1.807) is 0 Å². The summed E-state index contributed by atoms with van der Waals surface area (Å²) in [5.41, 5.74) is -0.0989. The van der Waals surface area contributed by atoms with Crippen LogP contribution in [0, 0.1) is 5.82 Å². The zero-order valence-corrected chi connectivity index (χ0v) is 20.8. The minimum atomic E-state index is -4.45. The van der Waals surface area contributed by atoms with Crippen LogP contribution >= 0.6 is 0 Å². The van der Waals surface area contributed by atoms with Crippen molar-refractivity contribution in [3.63, 3.8) is 0 Å². The highest BCUT2D eigenvalue weighted by molar-refractivity contribution is 7.93. The Labute approximate surface area is 203 Å². The fraction of sp³-hybridized carbons (Fsp3) is 0.435. The van der Waals surface area contributed by atoms with Crippen molar-refractivity contribution in [1.29, 1.82) is 0 Å². The van der Waals surface area contributed by atoms with E-state index in [4.69, 9.17) is 4.74 Å². The minimum absolute atomic E-state index is 0.0218. The van der Waals surface area contributed by atoms with Gasteiger partial charge in [0.25, 0.3) is 10.0 Å². The number of piperidine rings is 1. The van der Waals surface area contributed by atoms with Gasteiger partial charge in [0, 0.05) is 24.9 Å². The van der Waals surface area contributed by atoms with Gasteiger partial charge in [-0.2, -0.15) is 0 Å². The lowest BCUT2D eigenvalue weighted by Crippen LogP contribution is -2.40. The fourth-order valence-corrected chi connectivity index (χ4v) is 6.58. The highest BCUT2D eigenvalue weighted by Crippen LogP contribution is 2.38. The number of carboxylic acids is 1. The molecule has 1 unspecified atom stereocenters. The van der Waals surface area contributed by atoms with Crippen LogP contribution in [0.1, 0.15) is 48.9 Å². The molecule has 4 rings (SSSR count). The summed E-state index contributed by atoms with van der Waals surface area (Å²) in [6.07, 6.45) is 5.69. The van der Waals surface area contributed by atoms with E-state index in [0.29, 0.717) is 13.0 Å². The predicted molar refractivity (Wildman–Crippen MR) is 128 cm³/mol. The predicted octanol–water partition coefficient (Wildman–Crippen LogP) is 3.65. The first-order valence-corrected chi connectivity index (χ1v) is 14.7. The number of carboxylic acid groups (broad SMARTS) is 1. The maximum absolute atomic E-state index is 15.0. The van der Waals surface area contributed by atoms with Gasteiger partial charge < -0.3 is 14.7 Å². The fourth-order valence-electron chi connectivity index (χ4n) is 4.60. The van der Waals surface area contributed by atoms with Gasteiger partial charge in [-0.05, 0) is 62.8 Å². The Morgan fingerprint density at radius 3 is 2.54 bits per heavy atom. The highest BCUT2D eigenvalue weighted by atomic mass is 32.2. The molecule has 0 amide bonds. The normalized spacial score (nSPS) is 20.4. The molecule has 2 aromatic carbocycles. The Bertz CT molecular complexity index is 1360. The van der Waals surface area contributed by atoms with Crippen molar-refractivity contribution in [3.05, 3.63) is 41.7 Å². The number of fused-ring (bicyclic) bond motifs is 4. The summed E-state index contributed by atoms with van der Waals surface area (Å²) in [4.78, 5) is 12.4. The summed E-state index contributed by atoms with van der Waals surface area (Å²) < 4.78 is 74.5. The van der Waals surface area contributed by atoms with Crippen LogP contribution in [0.15, 0.2) is 40.1 Å². The molecule has 1 fully saturated rings. The number of sulfone groups is 1. The van der Waals surface area contributed by atoms with E-state index in [1.165, 1.54) is 12.1 Å². The maximum Gasteiger partial charge on any atom is 0.335 e. The molecular weight excluding hydrogens is 499 g/mol. The van der Waals surface area contributed by atoms with Gasteiger partial charge in [0.1, 0.15) is 21.4 Å². The lowest BCUT2D eigenvalue weighted by molar-refractivity contribution is 0.0696. The molecule has 0 aliphatic carbocycles. The van der Waals surface area contributed by atoms with Crippen LogP contribution in [0.2, 0.25) is 0 Å². The zero-order valence-electron chi connectivity index (χ0n) is 19.2. The monoisotopic (exact) mass is 526 g/mol. The first-order chi connectivity index (χ1) is 16.5. The minimum Gasteiger partial charge on any atom is -0.492 e. The number of sulfonamides is 1. The number of benzene rings is 2. The number of nitrogens with zero attached hydrogens (tertiary/aromatic N) is 1. The Hall–Kier alpha value is -2.86. The van der Waals surface area contributed by atoms with Crippen LogP contribution in [0.4, 0.5) is 15.8 Å². The average molecular weight is 527 g/mol. The Morgan fingerprint density at radius 1 is 1.14 bits per heavy atom. The molecular formula is C23H27FN2O7S2. The van der Waals surface area contributed by atoms with Gasteiger partial charge in [0.15, 0.2) is 9.84 Å². The molecule has 1 atom stereocenters. The molecule has 0 aromatic heterocycles. The third-order valence-corrected chi connectivity index (χ3v) is 8.80. The molecule has 2 aliphatic heterocycles. The van der Waals surface area contributed by atoms with Gasteiger partial charge in [-0.25, -0.2) is 26.0 Å². The van der Waals surface area contributed by atoms with Crippen molar-refractivity contribution in [2.75, 3.05) is 29.0 Å². The topological polar surface area (TPSA) is 130 Å². The van der Waals surface area contributed by atoms with Gasteiger partial charge >= 0.3 is 5.97 Å². The van der Waals surface area contributed by atoms with Crippen LogP contribution in [-0.4, -0.2) is 53.4 Å². The number of halogens is 1. The molecule has 1 saturated heterocycles. The van der Waals surface area contributed by atoms with Crippen molar-refractivity contribution in [3.8, 4) is 5.75 Å². The number of hydrogen-bond acceptors (Lipinski definition) is 7. The van der Waals surface area contributed by atoms with Gasteiger partial charge in [-0.15, -0.1) is 0 Å². The number of ether oxygens (including phenoxy) is 1. The van der Waals surface area contributed by atoms with Crippen LogP contribution in [0.25, 0.3) is 0 Å². The maximum atomic E-state index is 15.0.